The predicted molar refractivity (Wildman–Crippen MR) is 52.5 cm³/mol. The summed E-state index contributed by atoms with van der Waals surface area (Å²) in [5.74, 6) is 0.0512. The Morgan fingerprint density at radius 3 is 2.64 bits per heavy atom. The van der Waals surface area contributed by atoms with Crippen LogP contribution in [-0.4, -0.2) is 17.2 Å². The van der Waals surface area contributed by atoms with Gasteiger partial charge in [-0.25, -0.2) is 0 Å². The van der Waals surface area contributed by atoms with Crippen LogP contribution < -0.4 is 0 Å². The topological polar surface area (TPSA) is 64.2 Å². The molecule has 0 heterocycles. The van der Waals surface area contributed by atoms with Crippen molar-refractivity contribution in [2.75, 3.05) is 0 Å². The van der Waals surface area contributed by atoms with Crippen molar-refractivity contribution < 1.29 is 10.0 Å². The second kappa shape index (κ2) is 3.45. The third kappa shape index (κ3) is 1.52. The van der Waals surface area contributed by atoms with E-state index in [9.17, 15) is 0 Å². The van der Waals surface area contributed by atoms with E-state index in [4.69, 9.17) is 15.3 Å². The van der Waals surface area contributed by atoms with Gasteiger partial charge in [-0.15, -0.1) is 0 Å². The fraction of sp³-hybridized carbons (Fsp3) is 0.300. The molecule has 1 aliphatic rings. The Morgan fingerprint density at radius 2 is 2.07 bits per heavy atom. The van der Waals surface area contributed by atoms with Crippen molar-refractivity contribution in [2.24, 2.45) is 0 Å². The Labute approximate surface area is 82.8 Å². The molecule has 1 saturated carbocycles. The minimum Gasteiger partial charge on any atom is -0.427 e. The van der Waals surface area contributed by atoms with Gasteiger partial charge in [0.2, 0.25) is 0 Å². The van der Waals surface area contributed by atoms with Gasteiger partial charge in [0.15, 0.2) is 0 Å². The minimum atomic E-state index is -1.26. The molecule has 1 fully saturated rings. The summed E-state index contributed by atoms with van der Waals surface area (Å²) in [6.45, 7) is 0. The average Bonchev–Trinajstić information content (AvgIpc) is 2.97. The van der Waals surface area contributed by atoms with E-state index in [2.05, 4.69) is 6.07 Å². The lowest BCUT2D eigenvalue weighted by Crippen LogP contribution is -2.11. The normalized spacial score (nSPS) is 24.1. The first kappa shape index (κ1) is 9.26. The Balaban J connectivity index is 2.23. The molecular formula is C10H10BNO2. The molecule has 0 unspecified atom stereocenters. The number of nitriles is 1. The van der Waals surface area contributed by atoms with Crippen LogP contribution in [0.5, 0.6) is 0 Å². The van der Waals surface area contributed by atoms with Crippen molar-refractivity contribution in [1.82, 2.24) is 0 Å². The van der Waals surface area contributed by atoms with E-state index in [-0.39, 0.29) is 11.7 Å². The molecule has 0 bridgehead atoms. The summed E-state index contributed by atoms with van der Waals surface area (Å²) >= 11 is 0. The van der Waals surface area contributed by atoms with Crippen LogP contribution in [0.1, 0.15) is 23.5 Å². The van der Waals surface area contributed by atoms with Gasteiger partial charge in [-0.2, -0.15) is 5.26 Å². The number of hydrogen-bond acceptors (Lipinski definition) is 3. The summed E-state index contributed by atoms with van der Waals surface area (Å²) < 4.78 is 0. The van der Waals surface area contributed by atoms with Crippen LogP contribution in [0.25, 0.3) is 0 Å². The molecule has 2 atom stereocenters. The minimum absolute atomic E-state index is 0.0931. The SMILES string of the molecule is N#Cc1ccccc1[C@@H]1C[C@H]1B(O)O. The van der Waals surface area contributed by atoms with Crippen molar-refractivity contribution >= 4 is 7.12 Å². The zero-order valence-corrected chi connectivity index (χ0v) is 7.59. The summed E-state index contributed by atoms with van der Waals surface area (Å²) in [6.07, 6.45) is 0.760. The van der Waals surface area contributed by atoms with E-state index in [0.717, 1.165) is 12.0 Å². The molecule has 0 saturated heterocycles. The third-order valence-corrected chi connectivity index (χ3v) is 2.70. The van der Waals surface area contributed by atoms with Crippen molar-refractivity contribution in [3.05, 3.63) is 35.4 Å². The lowest BCUT2D eigenvalue weighted by atomic mass is 9.80. The van der Waals surface area contributed by atoms with Crippen LogP contribution in [0, 0.1) is 11.3 Å². The number of nitrogens with zero attached hydrogens (tertiary/aromatic N) is 1. The lowest BCUT2D eigenvalue weighted by molar-refractivity contribution is 0.402. The predicted octanol–water partition coefficient (Wildman–Crippen LogP) is 0.889. The van der Waals surface area contributed by atoms with Gasteiger partial charge in [0.25, 0.3) is 0 Å². The lowest BCUT2D eigenvalue weighted by Gasteiger charge is -2.01. The van der Waals surface area contributed by atoms with Crippen molar-refractivity contribution in [2.45, 2.75) is 18.2 Å². The molecule has 70 valence electrons. The summed E-state index contributed by atoms with van der Waals surface area (Å²) in [6, 6.07) is 9.44. The highest BCUT2D eigenvalue weighted by Gasteiger charge is 2.46. The van der Waals surface area contributed by atoms with E-state index < -0.39 is 7.12 Å². The highest BCUT2D eigenvalue weighted by atomic mass is 16.4. The molecule has 4 heteroatoms. The summed E-state index contributed by atoms with van der Waals surface area (Å²) in [7, 11) is -1.26. The van der Waals surface area contributed by atoms with Gasteiger partial charge in [0.05, 0.1) is 11.6 Å². The molecule has 0 radical (unpaired) electrons. The maximum atomic E-state index is 8.96. The number of rotatable bonds is 2. The standard InChI is InChI=1S/C10H10BNO2/c12-6-7-3-1-2-4-8(7)9-5-10(9)11(13)14/h1-4,9-10,13-14H,5H2/t9-,10+/m0/s1. The van der Waals surface area contributed by atoms with Gasteiger partial charge in [-0.3, -0.25) is 0 Å². The zero-order valence-electron chi connectivity index (χ0n) is 7.59. The van der Waals surface area contributed by atoms with Crippen LogP contribution in [0.2, 0.25) is 5.82 Å². The largest absolute Gasteiger partial charge is 0.455 e. The van der Waals surface area contributed by atoms with Crippen molar-refractivity contribution in [3.63, 3.8) is 0 Å². The molecule has 3 nitrogen and oxygen atoms in total. The zero-order chi connectivity index (χ0) is 10.1. The molecule has 14 heavy (non-hydrogen) atoms. The molecule has 0 aromatic heterocycles. The van der Waals surface area contributed by atoms with Crippen LogP contribution >= 0.6 is 0 Å². The summed E-state index contributed by atoms with van der Waals surface area (Å²) in [5, 5.41) is 26.8. The van der Waals surface area contributed by atoms with Crippen LogP contribution in [-0.2, 0) is 0 Å². The second-order valence-electron chi connectivity index (χ2n) is 3.62. The van der Waals surface area contributed by atoms with Gasteiger partial charge in [0.1, 0.15) is 0 Å². The van der Waals surface area contributed by atoms with Crippen LogP contribution in [0.4, 0.5) is 0 Å². The summed E-state index contributed by atoms with van der Waals surface area (Å²) in [5.41, 5.74) is 1.58. The van der Waals surface area contributed by atoms with E-state index in [0.29, 0.717) is 5.56 Å². The molecule has 2 N–H and O–H groups in total. The highest BCUT2D eigenvalue weighted by Crippen LogP contribution is 2.54. The van der Waals surface area contributed by atoms with E-state index >= 15 is 0 Å². The first-order chi connectivity index (χ1) is 6.74. The number of hydrogen-bond donors (Lipinski definition) is 2. The Bertz CT molecular complexity index is 386. The summed E-state index contributed by atoms with van der Waals surface area (Å²) in [4.78, 5) is 0. The fourth-order valence-electron chi connectivity index (χ4n) is 1.82. The van der Waals surface area contributed by atoms with Gasteiger partial charge in [0, 0.05) is 5.82 Å². The molecule has 1 aromatic carbocycles. The highest BCUT2D eigenvalue weighted by molar-refractivity contribution is 6.44. The maximum Gasteiger partial charge on any atom is 0.455 e. The molecular weight excluding hydrogens is 177 g/mol. The number of benzene rings is 1. The molecule has 0 aliphatic heterocycles. The quantitative estimate of drug-likeness (QED) is 0.675. The molecule has 1 aliphatic carbocycles. The first-order valence-electron chi connectivity index (χ1n) is 4.59. The van der Waals surface area contributed by atoms with E-state index in [1.165, 1.54) is 0 Å². The first-order valence-corrected chi connectivity index (χ1v) is 4.59. The maximum absolute atomic E-state index is 8.96. The molecule has 0 spiro atoms. The second-order valence-corrected chi connectivity index (χ2v) is 3.62. The molecule has 1 aromatic rings. The van der Waals surface area contributed by atoms with Gasteiger partial charge >= 0.3 is 7.12 Å². The van der Waals surface area contributed by atoms with Gasteiger partial charge in [-0.05, 0) is 24.0 Å². The molecule has 2 rings (SSSR count). The van der Waals surface area contributed by atoms with E-state index in [1.54, 1.807) is 6.07 Å². The van der Waals surface area contributed by atoms with Crippen molar-refractivity contribution in [3.8, 4) is 6.07 Å². The third-order valence-electron chi connectivity index (χ3n) is 2.70. The van der Waals surface area contributed by atoms with Crippen molar-refractivity contribution in [1.29, 1.82) is 5.26 Å². The van der Waals surface area contributed by atoms with Gasteiger partial charge < -0.3 is 10.0 Å². The van der Waals surface area contributed by atoms with Gasteiger partial charge in [-0.1, -0.05) is 18.2 Å². The monoisotopic (exact) mass is 187 g/mol. The van der Waals surface area contributed by atoms with Crippen LogP contribution in [0.15, 0.2) is 24.3 Å². The average molecular weight is 187 g/mol. The molecule has 0 amide bonds. The fourth-order valence-corrected chi connectivity index (χ4v) is 1.82. The van der Waals surface area contributed by atoms with Crippen LogP contribution in [0.3, 0.4) is 0 Å². The Hall–Kier alpha value is -1.31. The Morgan fingerprint density at radius 1 is 1.36 bits per heavy atom. The Kier molecular flexibility index (Phi) is 2.28. The smallest absolute Gasteiger partial charge is 0.427 e. The van der Waals surface area contributed by atoms with E-state index in [1.807, 2.05) is 18.2 Å².